The number of benzene rings is 3. The molecule has 0 aromatic heterocycles. The monoisotopic (exact) mass is 546 g/mol. The molecule has 0 amide bonds. The second-order valence-corrected chi connectivity index (χ2v) is 13.0. The van der Waals surface area contributed by atoms with Crippen LogP contribution >= 0.6 is 7.26 Å². The van der Waals surface area contributed by atoms with Crippen molar-refractivity contribution in [2.45, 2.75) is 53.4 Å². The topological polar surface area (TPSA) is 0 Å². The van der Waals surface area contributed by atoms with Crippen LogP contribution < -0.4 is 32.9 Å². The van der Waals surface area contributed by atoms with Crippen LogP contribution in [0, 0.1) is 0 Å². The van der Waals surface area contributed by atoms with E-state index in [2.05, 4.69) is 137 Å². The fraction of sp³-hybridized carbons (Fsp3) is 0.273. The van der Waals surface area contributed by atoms with Crippen LogP contribution in [-0.4, -0.2) is 6.16 Å². The molecule has 0 unspecified atom stereocenters. The maximum atomic E-state index is 2.52. The number of hydrogen-bond acceptors (Lipinski definition) is 0. The van der Waals surface area contributed by atoms with Gasteiger partial charge in [0.1, 0.15) is 23.2 Å². The van der Waals surface area contributed by atoms with E-state index in [9.17, 15) is 0 Å². The highest BCUT2D eigenvalue weighted by molar-refractivity contribution is 7.95. The Morgan fingerprint density at radius 3 is 1.31 bits per heavy atom. The summed E-state index contributed by atoms with van der Waals surface area (Å²) in [4.78, 5) is 0. The van der Waals surface area contributed by atoms with E-state index in [4.69, 9.17) is 0 Å². The van der Waals surface area contributed by atoms with Crippen LogP contribution in [0.4, 0.5) is 0 Å². The third kappa shape index (κ3) is 8.45. The molecule has 0 aliphatic heterocycles. The number of hydrogen-bond donors (Lipinski definition) is 0. The summed E-state index contributed by atoms with van der Waals surface area (Å²) in [5, 5.41) is 4.35. The summed E-state index contributed by atoms with van der Waals surface area (Å²) in [6, 6.07) is 33.5. The van der Waals surface area contributed by atoms with Gasteiger partial charge in [-0.25, -0.2) is 0 Å². The van der Waals surface area contributed by atoms with Gasteiger partial charge in [-0.3, -0.25) is 0 Å². The van der Waals surface area contributed by atoms with E-state index >= 15 is 0 Å². The molecule has 0 saturated carbocycles. The number of halogens is 1. The van der Waals surface area contributed by atoms with Gasteiger partial charge in [0.2, 0.25) is 0 Å². The smallest absolute Gasteiger partial charge is 0.115 e. The maximum Gasteiger partial charge on any atom is 0.115 e. The molecule has 3 aromatic carbocycles. The van der Waals surface area contributed by atoms with Crippen molar-refractivity contribution in [3.8, 4) is 0 Å². The van der Waals surface area contributed by atoms with Crippen molar-refractivity contribution in [3.63, 3.8) is 0 Å². The Balaban J connectivity index is 0.00000432. The Labute approximate surface area is 225 Å². The van der Waals surface area contributed by atoms with Crippen molar-refractivity contribution in [1.82, 2.24) is 0 Å². The molecule has 0 heterocycles. The molecular formula is C33H40BrP. The maximum absolute atomic E-state index is 2.52. The lowest BCUT2D eigenvalue weighted by molar-refractivity contribution is -0.00000709. The molecule has 184 valence electrons. The lowest BCUT2D eigenvalue weighted by Crippen LogP contribution is -3.00. The molecule has 0 spiro atoms. The average molecular weight is 548 g/mol. The number of rotatable bonds is 11. The van der Waals surface area contributed by atoms with E-state index in [1.165, 1.54) is 39.1 Å². The Morgan fingerprint density at radius 2 is 0.914 bits per heavy atom. The van der Waals surface area contributed by atoms with Gasteiger partial charge in [-0.15, -0.1) is 0 Å². The van der Waals surface area contributed by atoms with Gasteiger partial charge in [-0.2, -0.15) is 0 Å². The van der Waals surface area contributed by atoms with Crippen molar-refractivity contribution in [1.29, 1.82) is 0 Å². The minimum atomic E-state index is -1.78. The fourth-order valence-electron chi connectivity index (χ4n) is 4.44. The van der Waals surface area contributed by atoms with Gasteiger partial charge in [0.05, 0.1) is 6.16 Å². The zero-order chi connectivity index (χ0) is 24.2. The fourth-order valence-corrected chi connectivity index (χ4v) is 8.60. The van der Waals surface area contributed by atoms with E-state index in [1.807, 2.05) is 0 Å². The molecule has 0 saturated heterocycles. The zero-order valence-electron chi connectivity index (χ0n) is 21.8. The molecule has 3 aromatic rings. The largest absolute Gasteiger partial charge is 1.00 e. The zero-order valence-corrected chi connectivity index (χ0v) is 24.2. The van der Waals surface area contributed by atoms with E-state index < -0.39 is 7.26 Å². The molecule has 0 N–H and O–H groups in total. The summed E-state index contributed by atoms with van der Waals surface area (Å²) in [7, 11) is -1.78. The predicted molar refractivity (Wildman–Crippen MR) is 155 cm³/mol. The van der Waals surface area contributed by atoms with Crippen molar-refractivity contribution in [2.75, 3.05) is 6.16 Å². The van der Waals surface area contributed by atoms with Gasteiger partial charge in [-0.1, -0.05) is 83.5 Å². The molecule has 0 aliphatic rings. The lowest BCUT2D eigenvalue weighted by Gasteiger charge is -2.27. The van der Waals surface area contributed by atoms with Gasteiger partial charge in [0.25, 0.3) is 0 Å². The Kier molecular flexibility index (Phi) is 12.5. The second-order valence-electron chi connectivity index (χ2n) is 9.46. The van der Waals surface area contributed by atoms with Gasteiger partial charge in [-0.05, 0) is 95.9 Å². The Hall–Kier alpha value is -2.21. The van der Waals surface area contributed by atoms with E-state index in [-0.39, 0.29) is 17.0 Å². The molecule has 35 heavy (non-hydrogen) atoms. The van der Waals surface area contributed by atoms with Crippen LogP contribution in [0.2, 0.25) is 0 Å². The molecule has 0 nitrogen and oxygen atoms in total. The van der Waals surface area contributed by atoms with Gasteiger partial charge in [0.15, 0.2) is 0 Å². The summed E-state index contributed by atoms with van der Waals surface area (Å²) in [6.45, 7) is 8.93. The first kappa shape index (κ1) is 29.0. The first-order chi connectivity index (χ1) is 16.5. The van der Waals surface area contributed by atoms with Crippen LogP contribution in [0.5, 0.6) is 0 Å². The third-order valence-electron chi connectivity index (χ3n) is 6.43. The second kappa shape index (κ2) is 15.0. The standard InChI is InChI=1S/C33H40P.BrH/c1-28(2)16-14-17-29(3)18-15-19-30(4)26-27-34(31-20-8-5-9-21-31,32-22-10-6-11-23-32)33-24-12-7-13-25-33;/h5-13,16,18,20-26H,14-15,17,19,27H2,1-4H3;1H/q+1;/p-1. The van der Waals surface area contributed by atoms with E-state index in [0.717, 1.165) is 25.4 Å². The average Bonchev–Trinajstić information content (AvgIpc) is 2.86. The first-order valence-electron chi connectivity index (χ1n) is 12.5. The van der Waals surface area contributed by atoms with Crippen molar-refractivity contribution < 1.29 is 17.0 Å². The number of allylic oxidation sites excluding steroid dienone is 6. The summed E-state index contributed by atoms with van der Waals surface area (Å²) >= 11 is 0. The van der Waals surface area contributed by atoms with Crippen LogP contribution in [0.1, 0.15) is 53.4 Å². The highest BCUT2D eigenvalue weighted by atomic mass is 79.9. The van der Waals surface area contributed by atoms with Crippen LogP contribution in [0.3, 0.4) is 0 Å². The summed E-state index contributed by atoms with van der Waals surface area (Å²) in [5.41, 5.74) is 4.40. The highest BCUT2D eigenvalue weighted by Crippen LogP contribution is 2.55. The summed E-state index contributed by atoms with van der Waals surface area (Å²) < 4.78 is 0. The minimum Gasteiger partial charge on any atom is -1.00 e. The minimum absolute atomic E-state index is 0. The summed E-state index contributed by atoms with van der Waals surface area (Å²) in [6.07, 6.45) is 12.9. The van der Waals surface area contributed by atoms with Crippen molar-refractivity contribution in [3.05, 3.63) is 126 Å². The summed E-state index contributed by atoms with van der Waals surface area (Å²) in [5.74, 6) is 0. The van der Waals surface area contributed by atoms with Crippen molar-refractivity contribution in [2.24, 2.45) is 0 Å². The van der Waals surface area contributed by atoms with E-state index in [0.29, 0.717) is 0 Å². The lowest BCUT2D eigenvalue weighted by atomic mass is 10.1. The first-order valence-corrected chi connectivity index (χ1v) is 14.5. The molecule has 0 atom stereocenters. The van der Waals surface area contributed by atoms with Gasteiger partial charge in [0, 0.05) is 0 Å². The van der Waals surface area contributed by atoms with E-state index in [1.54, 1.807) is 0 Å². The molecule has 0 aliphatic carbocycles. The van der Waals surface area contributed by atoms with Crippen LogP contribution in [-0.2, 0) is 0 Å². The molecule has 2 heteroatoms. The van der Waals surface area contributed by atoms with Crippen LogP contribution in [0.15, 0.2) is 126 Å². The molecule has 0 radical (unpaired) electrons. The normalized spacial score (nSPS) is 12.1. The van der Waals surface area contributed by atoms with Crippen molar-refractivity contribution >= 4 is 23.2 Å². The van der Waals surface area contributed by atoms with Gasteiger partial charge >= 0.3 is 0 Å². The quantitative estimate of drug-likeness (QED) is 0.223. The predicted octanol–water partition coefficient (Wildman–Crippen LogP) is 5.40. The Bertz CT molecular complexity index is 995. The molecular weight excluding hydrogens is 507 g/mol. The Morgan fingerprint density at radius 1 is 0.543 bits per heavy atom. The third-order valence-corrected chi connectivity index (χ3v) is 10.7. The molecule has 0 fully saturated rings. The SMILES string of the molecule is CC(C)=CCCC(C)=CCCC(C)=CC[P+](c1ccccc1)(c1ccccc1)c1ccccc1.[Br-]. The molecule has 0 bridgehead atoms. The molecule has 3 rings (SSSR count). The van der Waals surface area contributed by atoms with Crippen LogP contribution in [0.25, 0.3) is 0 Å². The van der Waals surface area contributed by atoms with Gasteiger partial charge < -0.3 is 17.0 Å². The highest BCUT2D eigenvalue weighted by Gasteiger charge is 2.44.